The van der Waals surface area contributed by atoms with Crippen molar-refractivity contribution in [3.05, 3.63) is 158 Å². The van der Waals surface area contributed by atoms with E-state index >= 15 is 0 Å². The molecule has 0 aliphatic rings. The van der Waals surface area contributed by atoms with Crippen LogP contribution in [0.1, 0.15) is 0 Å². The van der Waals surface area contributed by atoms with Gasteiger partial charge in [0.05, 0.1) is 15.7 Å². The van der Waals surface area contributed by atoms with Crippen LogP contribution < -0.4 is 0 Å². The standard InChI is InChI=1S/C45H26N4S2/c1-3-12-27(13-4-1)43-46-44(28-22-23-32-31-17-8-10-21-38(31)50-39(32)26-28)48-45(47-43)36-19-11-18-34-35-25-24-33-30-16-7-9-20-37(30)49(29-14-5-2-6-15-29)40(33)42(35)51-41(34)36/h1-26H. The van der Waals surface area contributed by atoms with Crippen molar-refractivity contribution < 1.29 is 0 Å². The Bertz CT molecular complexity index is 3140. The van der Waals surface area contributed by atoms with Crippen LogP contribution in [0.4, 0.5) is 0 Å². The lowest BCUT2D eigenvalue weighted by Crippen LogP contribution is -2.00. The number of aromatic nitrogens is 4. The van der Waals surface area contributed by atoms with Crippen LogP contribution in [0.15, 0.2) is 158 Å². The monoisotopic (exact) mass is 686 g/mol. The number of benzene rings is 7. The predicted octanol–water partition coefficient (Wildman–Crippen LogP) is 12.7. The Kier molecular flexibility index (Phi) is 6.26. The van der Waals surface area contributed by atoms with Crippen molar-refractivity contribution in [3.63, 3.8) is 0 Å². The lowest BCUT2D eigenvalue weighted by molar-refractivity contribution is 1.08. The first-order chi connectivity index (χ1) is 25.3. The van der Waals surface area contributed by atoms with Crippen LogP contribution in [-0.2, 0) is 0 Å². The van der Waals surface area contributed by atoms with Crippen molar-refractivity contribution in [1.29, 1.82) is 0 Å². The molecule has 11 aromatic rings. The Morgan fingerprint density at radius 1 is 0.392 bits per heavy atom. The fraction of sp³-hybridized carbons (Fsp3) is 0. The number of nitrogens with zero attached hydrogens (tertiary/aromatic N) is 4. The summed E-state index contributed by atoms with van der Waals surface area (Å²) >= 11 is 3.63. The van der Waals surface area contributed by atoms with E-state index in [1.54, 1.807) is 11.3 Å². The molecule has 238 valence electrons. The lowest BCUT2D eigenvalue weighted by Gasteiger charge is -2.09. The second-order valence-corrected chi connectivity index (χ2v) is 14.9. The zero-order valence-electron chi connectivity index (χ0n) is 27.1. The minimum atomic E-state index is 0.664. The van der Waals surface area contributed by atoms with Gasteiger partial charge in [0.15, 0.2) is 17.5 Å². The average Bonchev–Trinajstić information content (AvgIpc) is 3.88. The summed E-state index contributed by atoms with van der Waals surface area (Å²) in [5, 5.41) is 7.47. The molecule has 4 heterocycles. The SMILES string of the molecule is c1ccc(-c2nc(-c3ccc4c(c3)sc3ccccc34)nc(-c3cccc4c3sc3c4ccc4c5ccccc5n(-c5ccccc5)c43)n2)cc1. The third-order valence-electron chi connectivity index (χ3n) is 9.86. The van der Waals surface area contributed by atoms with Crippen LogP contribution in [0, 0.1) is 0 Å². The highest BCUT2D eigenvalue weighted by Gasteiger charge is 2.21. The highest BCUT2D eigenvalue weighted by Crippen LogP contribution is 2.45. The number of fused-ring (bicyclic) bond motifs is 10. The molecule has 0 amide bonds. The molecule has 0 aliphatic carbocycles. The molecule has 0 saturated carbocycles. The predicted molar refractivity (Wildman–Crippen MR) is 216 cm³/mol. The number of hydrogen-bond donors (Lipinski definition) is 0. The Balaban J connectivity index is 1.17. The van der Waals surface area contributed by atoms with E-state index in [0.29, 0.717) is 17.5 Å². The van der Waals surface area contributed by atoms with Gasteiger partial charge in [-0.2, -0.15) is 0 Å². The third-order valence-corrected chi connectivity index (χ3v) is 12.3. The Labute approximate surface area is 300 Å². The number of hydrogen-bond acceptors (Lipinski definition) is 5. The zero-order valence-corrected chi connectivity index (χ0v) is 28.7. The molecule has 4 aromatic heterocycles. The molecule has 11 rings (SSSR count). The van der Waals surface area contributed by atoms with Gasteiger partial charge < -0.3 is 4.57 Å². The second kappa shape index (κ2) is 11.2. The van der Waals surface area contributed by atoms with E-state index in [0.717, 1.165) is 22.4 Å². The van der Waals surface area contributed by atoms with Crippen molar-refractivity contribution in [3.8, 4) is 39.9 Å². The van der Waals surface area contributed by atoms with E-state index in [1.165, 1.54) is 62.2 Å². The van der Waals surface area contributed by atoms with Crippen molar-refractivity contribution in [2.75, 3.05) is 0 Å². The Morgan fingerprint density at radius 2 is 1.02 bits per heavy atom. The molecule has 0 aliphatic heterocycles. The first-order valence-corrected chi connectivity index (χ1v) is 18.6. The fourth-order valence-electron chi connectivity index (χ4n) is 7.53. The number of rotatable bonds is 4. The Hall–Kier alpha value is -6.21. The first kappa shape index (κ1) is 28.6. The van der Waals surface area contributed by atoms with Crippen LogP contribution in [0.2, 0.25) is 0 Å². The third kappa shape index (κ3) is 4.40. The summed E-state index contributed by atoms with van der Waals surface area (Å²) in [6.45, 7) is 0. The van der Waals surface area contributed by atoms with Crippen molar-refractivity contribution in [2.24, 2.45) is 0 Å². The molecule has 4 nitrogen and oxygen atoms in total. The van der Waals surface area contributed by atoms with Gasteiger partial charge in [-0.25, -0.2) is 15.0 Å². The summed E-state index contributed by atoms with van der Waals surface area (Å²) in [6, 6.07) is 55.9. The van der Waals surface area contributed by atoms with Crippen LogP contribution in [0.3, 0.4) is 0 Å². The molecule has 0 saturated heterocycles. The maximum absolute atomic E-state index is 5.23. The van der Waals surface area contributed by atoms with Gasteiger partial charge in [-0.15, -0.1) is 22.7 Å². The van der Waals surface area contributed by atoms with Crippen molar-refractivity contribution >= 4 is 84.8 Å². The van der Waals surface area contributed by atoms with E-state index < -0.39 is 0 Å². The molecule has 7 aromatic carbocycles. The maximum Gasteiger partial charge on any atom is 0.165 e. The van der Waals surface area contributed by atoms with E-state index in [-0.39, 0.29) is 0 Å². The molecular formula is C45H26N4S2. The fourth-order valence-corrected chi connectivity index (χ4v) is 10.0. The molecule has 0 spiro atoms. The quantitative estimate of drug-likeness (QED) is 0.185. The summed E-state index contributed by atoms with van der Waals surface area (Å²) in [4.78, 5) is 15.5. The van der Waals surface area contributed by atoms with Gasteiger partial charge in [-0.1, -0.05) is 121 Å². The van der Waals surface area contributed by atoms with Crippen LogP contribution in [0.25, 0.3) is 102 Å². The van der Waals surface area contributed by atoms with Crippen LogP contribution in [0.5, 0.6) is 0 Å². The molecular weight excluding hydrogens is 661 g/mol. The second-order valence-electron chi connectivity index (χ2n) is 12.8. The number of para-hydroxylation sites is 2. The van der Waals surface area contributed by atoms with Gasteiger partial charge in [0.25, 0.3) is 0 Å². The highest BCUT2D eigenvalue weighted by atomic mass is 32.1. The lowest BCUT2D eigenvalue weighted by atomic mass is 10.1. The first-order valence-electron chi connectivity index (χ1n) is 16.9. The molecule has 0 N–H and O–H groups in total. The summed E-state index contributed by atoms with van der Waals surface area (Å²) < 4.78 is 7.34. The zero-order chi connectivity index (χ0) is 33.5. The smallest absolute Gasteiger partial charge is 0.165 e. The summed E-state index contributed by atoms with van der Waals surface area (Å²) in [5.74, 6) is 2.01. The van der Waals surface area contributed by atoms with Gasteiger partial charge in [0, 0.05) is 68.8 Å². The van der Waals surface area contributed by atoms with Crippen LogP contribution >= 0.6 is 22.7 Å². The largest absolute Gasteiger partial charge is 0.308 e. The highest BCUT2D eigenvalue weighted by molar-refractivity contribution is 7.27. The normalized spacial score (nSPS) is 11.9. The van der Waals surface area contributed by atoms with Crippen LogP contribution in [-0.4, -0.2) is 19.5 Å². The van der Waals surface area contributed by atoms with Gasteiger partial charge in [-0.3, -0.25) is 0 Å². The van der Waals surface area contributed by atoms with Gasteiger partial charge in [-0.05, 0) is 36.4 Å². The summed E-state index contributed by atoms with van der Waals surface area (Å²) in [5.41, 5.74) is 6.53. The van der Waals surface area contributed by atoms with Gasteiger partial charge in [0.1, 0.15) is 0 Å². The van der Waals surface area contributed by atoms with E-state index in [4.69, 9.17) is 15.0 Å². The molecule has 0 radical (unpaired) electrons. The minimum absolute atomic E-state index is 0.664. The van der Waals surface area contributed by atoms with E-state index in [2.05, 4.69) is 144 Å². The summed E-state index contributed by atoms with van der Waals surface area (Å²) in [7, 11) is 0. The maximum atomic E-state index is 5.23. The molecule has 0 unspecified atom stereocenters. The number of thiophene rings is 2. The Morgan fingerprint density at radius 3 is 1.88 bits per heavy atom. The van der Waals surface area contributed by atoms with Crippen molar-refractivity contribution in [2.45, 2.75) is 0 Å². The molecule has 51 heavy (non-hydrogen) atoms. The molecule has 0 bridgehead atoms. The van der Waals surface area contributed by atoms with Crippen molar-refractivity contribution in [1.82, 2.24) is 19.5 Å². The molecule has 0 atom stereocenters. The average molecular weight is 687 g/mol. The van der Waals surface area contributed by atoms with Gasteiger partial charge in [0.2, 0.25) is 0 Å². The topological polar surface area (TPSA) is 43.6 Å². The minimum Gasteiger partial charge on any atom is -0.308 e. The molecule has 6 heteroatoms. The van der Waals surface area contributed by atoms with E-state index in [1.807, 2.05) is 29.5 Å². The van der Waals surface area contributed by atoms with E-state index in [9.17, 15) is 0 Å². The summed E-state index contributed by atoms with van der Waals surface area (Å²) in [6.07, 6.45) is 0. The molecule has 0 fully saturated rings. The van der Waals surface area contributed by atoms with Gasteiger partial charge >= 0.3 is 0 Å².